The molecule has 4 aliphatic rings. The fourth-order valence-electron chi connectivity index (χ4n) is 7.91. The molecule has 300 valence electrons. The normalized spacial score (nSPS) is 17.4. The van der Waals surface area contributed by atoms with Crippen LogP contribution in [0.2, 0.25) is 0 Å². The molecule has 0 aliphatic carbocycles. The third-order valence-corrected chi connectivity index (χ3v) is 12.9. The molecule has 15 heteroatoms. The van der Waals surface area contributed by atoms with Crippen molar-refractivity contribution in [3.8, 4) is 22.5 Å². The van der Waals surface area contributed by atoms with Gasteiger partial charge in [-0.05, 0) is 116 Å². The van der Waals surface area contributed by atoms with Gasteiger partial charge in [-0.3, -0.25) is 20.2 Å². The molecule has 0 saturated carbocycles. The predicted molar refractivity (Wildman–Crippen MR) is 238 cm³/mol. The fraction of sp³-hybridized carbons (Fsp3) is 0.372. The molecule has 4 bridgehead atoms. The van der Waals surface area contributed by atoms with Crippen molar-refractivity contribution in [3.63, 3.8) is 0 Å². The molecule has 0 spiro atoms. The number of pyridine rings is 4. The van der Waals surface area contributed by atoms with Gasteiger partial charge in [-0.2, -0.15) is 0 Å². The summed E-state index contributed by atoms with van der Waals surface area (Å²) in [5, 5.41) is 7.90. The van der Waals surface area contributed by atoms with E-state index in [1.54, 1.807) is 6.20 Å². The number of rotatable bonds is 3. The number of nitrogens with two attached hydrogens (primary N) is 1. The van der Waals surface area contributed by atoms with E-state index in [9.17, 15) is 4.79 Å². The Bertz CT molecular complexity index is 2410. The number of piperidine rings is 2. The number of carbonyl (C=O) groups is 1. The summed E-state index contributed by atoms with van der Waals surface area (Å²) in [5.41, 5.74) is 15.6. The molecule has 6 aromatic rings. The molecule has 4 N–H and O–H groups in total. The number of amides is 2. The van der Waals surface area contributed by atoms with Gasteiger partial charge in [0.05, 0.1) is 40.2 Å². The minimum absolute atomic E-state index is 0.107. The van der Waals surface area contributed by atoms with E-state index in [-0.39, 0.29) is 12.1 Å². The highest BCUT2D eigenvalue weighted by atomic mass is 32.1. The number of fused-ring (bicyclic) bond motifs is 8. The Morgan fingerprint density at radius 2 is 1.36 bits per heavy atom. The summed E-state index contributed by atoms with van der Waals surface area (Å²) in [6.45, 7) is 16.0. The van der Waals surface area contributed by atoms with E-state index in [1.165, 1.54) is 46.1 Å². The Kier molecular flexibility index (Phi) is 11.3. The molecule has 58 heavy (non-hydrogen) atoms. The lowest BCUT2D eigenvalue weighted by molar-refractivity contribution is 0.252. The van der Waals surface area contributed by atoms with Gasteiger partial charge in [0.2, 0.25) is 0 Å². The van der Waals surface area contributed by atoms with Crippen molar-refractivity contribution in [1.82, 2.24) is 29.9 Å². The number of aryl methyl sites for hydroxylation is 6. The minimum atomic E-state index is -0.160. The summed E-state index contributed by atoms with van der Waals surface area (Å²) in [4.78, 5) is 49.1. The number of urea groups is 1. The Morgan fingerprint density at radius 3 is 1.97 bits per heavy atom. The maximum atomic E-state index is 13.4. The van der Waals surface area contributed by atoms with E-state index in [1.807, 2.05) is 76.9 Å². The van der Waals surface area contributed by atoms with E-state index in [0.29, 0.717) is 16.3 Å². The van der Waals surface area contributed by atoms with Crippen LogP contribution in [0.3, 0.4) is 0 Å². The maximum absolute atomic E-state index is 13.4. The van der Waals surface area contributed by atoms with Crippen molar-refractivity contribution in [2.75, 3.05) is 57.2 Å². The summed E-state index contributed by atoms with van der Waals surface area (Å²) < 4.78 is 0. The average molecular weight is 815 g/mol. The van der Waals surface area contributed by atoms with Crippen LogP contribution in [0, 0.1) is 41.5 Å². The summed E-state index contributed by atoms with van der Waals surface area (Å²) in [6, 6.07) is 17.0. The van der Waals surface area contributed by atoms with Gasteiger partial charge in [0.15, 0.2) is 21.9 Å². The zero-order valence-electron chi connectivity index (χ0n) is 33.9. The topological polar surface area (TPSA) is 154 Å². The van der Waals surface area contributed by atoms with E-state index in [4.69, 9.17) is 15.7 Å². The van der Waals surface area contributed by atoms with Gasteiger partial charge in [0.1, 0.15) is 0 Å². The van der Waals surface area contributed by atoms with Gasteiger partial charge in [-0.15, -0.1) is 22.7 Å². The van der Waals surface area contributed by atoms with Gasteiger partial charge in [-0.1, -0.05) is 0 Å². The van der Waals surface area contributed by atoms with Gasteiger partial charge >= 0.3 is 6.03 Å². The first-order valence-corrected chi connectivity index (χ1v) is 21.5. The van der Waals surface area contributed by atoms with Crippen LogP contribution in [-0.4, -0.2) is 74.2 Å². The van der Waals surface area contributed by atoms with Crippen LogP contribution in [0.25, 0.3) is 22.5 Å². The first-order chi connectivity index (χ1) is 28.0. The van der Waals surface area contributed by atoms with Crippen LogP contribution in [0.15, 0.2) is 60.9 Å². The number of hydrogen-bond acceptors (Lipinski definition) is 13. The van der Waals surface area contributed by atoms with Crippen molar-refractivity contribution in [3.05, 3.63) is 93.5 Å². The first kappa shape index (κ1) is 39.2. The highest BCUT2D eigenvalue weighted by Crippen LogP contribution is 2.40. The molecule has 0 aromatic carbocycles. The van der Waals surface area contributed by atoms with Gasteiger partial charge in [0, 0.05) is 76.9 Å². The molecule has 2 fully saturated rings. The molecule has 2 amide bonds. The summed E-state index contributed by atoms with van der Waals surface area (Å²) in [7, 11) is 0. The van der Waals surface area contributed by atoms with Crippen LogP contribution in [0.4, 0.5) is 38.1 Å². The average Bonchev–Trinajstić information content (AvgIpc) is 3.69. The monoisotopic (exact) mass is 814 g/mol. The van der Waals surface area contributed by atoms with Gasteiger partial charge in [0.25, 0.3) is 0 Å². The quantitative estimate of drug-likeness (QED) is 0.157. The minimum Gasteiger partial charge on any atom is -0.375 e. The van der Waals surface area contributed by atoms with E-state index < -0.39 is 0 Å². The van der Waals surface area contributed by atoms with Gasteiger partial charge < -0.3 is 20.9 Å². The zero-order valence-corrected chi connectivity index (χ0v) is 35.5. The van der Waals surface area contributed by atoms with Crippen LogP contribution in [0.5, 0.6) is 0 Å². The summed E-state index contributed by atoms with van der Waals surface area (Å²) in [6.07, 6.45) is 8.19. The fourth-order valence-corrected chi connectivity index (χ4v) is 9.41. The van der Waals surface area contributed by atoms with Crippen molar-refractivity contribution in [1.29, 1.82) is 0 Å². The van der Waals surface area contributed by atoms with Crippen molar-refractivity contribution >= 4 is 62.0 Å². The van der Waals surface area contributed by atoms with Crippen LogP contribution >= 0.6 is 22.7 Å². The van der Waals surface area contributed by atoms with E-state index in [2.05, 4.69) is 64.6 Å². The number of thiazole rings is 2. The molecule has 0 unspecified atom stereocenters. The first-order valence-electron chi connectivity index (χ1n) is 19.9. The van der Waals surface area contributed by atoms with Crippen LogP contribution in [0.1, 0.15) is 58.2 Å². The lowest BCUT2D eigenvalue weighted by Crippen LogP contribution is -2.56. The second kappa shape index (κ2) is 16.7. The molecular formula is C43H50N12OS2. The summed E-state index contributed by atoms with van der Waals surface area (Å²) in [5.74, 6) is 1.76. The third kappa shape index (κ3) is 8.46. The second-order valence-corrected chi connectivity index (χ2v) is 17.7. The van der Waals surface area contributed by atoms with E-state index in [0.717, 1.165) is 107 Å². The number of anilines is 6. The highest BCUT2D eigenvalue weighted by Gasteiger charge is 2.38. The number of nitrogens with zero attached hydrogens (tertiary/aromatic N) is 9. The Labute approximate surface area is 347 Å². The molecule has 2 atom stereocenters. The zero-order chi connectivity index (χ0) is 40.5. The second-order valence-electron chi connectivity index (χ2n) is 15.3. The number of aromatic nitrogens is 6. The smallest absolute Gasteiger partial charge is 0.329 e. The molecule has 4 aliphatic heterocycles. The Hall–Kier alpha value is -5.67. The van der Waals surface area contributed by atoms with Crippen molar-refractivity contribution in [2.24, 2.45) is 0 Å². The molecule has 2 saturated heterocycles. The Balaban J connectivity index is 0.000000143. The van der Waals surface area contributed by atoms with Gasteiger partial charge in [-0.25, -0.2) is 24.7 Å². The van der Waals surface area contributed by atoms with E-state index >= 15 is 0 Å². The number of nitrogens with one attached hydrogen (secondary N) is 2. The lowest BCUT2D eigenvalue weighted by atomic mass is 9.99. The number of carbonyl (C=O) groups excluding carboxylic acids is 1. The third-order valence-electron chi connectivity index (χ3n) is 11.1. The van der Waals surface area contributed by atoms with Crippen molar-refractivity contribution in [2.45, 2.75) is 79.3 Å². The lowest BCUT2D eigenvalue weighted by Gasteiger charge is -2.45. The molecule has 10 heterocycles. The molecule has 6 aromatic heterocycles. The molecule has 0 radical (unpaired) electrons. The maximum Gasteiger partial charge on any atom is 0.329 e. The van der Waals surface area contributed by atoms with Crippen LogP contribution < -0.4 is 31.1 Å². The molecular weight excluding hydrogens is 765 g/mol. The number of nitrogen functional groups attached to an aromatic ring is 1. The SMILES string of the molecule is Cc1cc(-c2ccc3c(n2)N(C(=O)Nc2nc(C)c(C)s2)[C@H]2CCCN3C2)ccn1.Cc1cc(-c2ccc3c(n2)N[C@H]2CCCN3C2)ccn1.Cc1nc(N)sc1C. The van der Waals surface area contributed by atoms with Crippen molar-refractivity contribution < 1.29 is 4.79 Å². The predicted octanol–water partition coefficient (Wildman–Crippen LogP) is 8.73. The largest absolute Gasteiger partial charge is 0.375 e. The standard InChI is InChI=1S/C22H24N6OS.C16H18N4.C5H8N2S/c1-13-11-16(8-9-23-13)18-6-7-19-20(25-18)28(17-5-4-10-27(19)12-17)22(29)26-21-24-14(2)15(3)30-21;1-11-9-12(6-7-17-11)14-4-5-15-16(19-14)18-13-3-2-8-20(15)10-13;1-3-4(2)8-5(6)7-3/h6-9,11,17H,4-5,10,12H2,1-3H3,(H,24,26,29);4-7,9,13H,2-3,8,10H2,1H3,(H,18,19);1-2H3,(H2,6,7)/t17-;13-;/m00./s1. The number of hydrogen-bond donors (Lipinski definition) is 3. The molecule has 13 nitrogen and oxygen atoms in total. The highest BCUT2D eigenvalue weighted by molar-refractivity contribution is 7.16. The summed E-state index contributed by atoms with van der Waals surface area (Å²) >= 11 is 3.04. The van der Waals surface area contributed by atoms with Crippen LogP contribution in [-0.2, 0) is 0 Å². The Morgan fingerprint density at radius 1 is 0.741 bits per heavy atom. The molecule has 10 rings (SSSR count).